The van der Waals surface area contributed by atoms with Crippen molar-refractivity contribution in [3.05, 3.63) is 108 Å². The van der Waals surface area contributed by atoms with Crippen molar-refractivity contribution in [2.24, 2.45) is 0 Å². The number of unbranched alkanes of at least 4 members (excludes halogenated alkanes) is 1. The van der Waals surface area contributed by atoms with E-state index in [0.717, 1.165) is 55.5 Å². The van der Waals surface area contributed by atoms with E-state index in [2.05, 4.69) is 57.7 Å². The molecule has 2 aliphatic heterocycles. The second-order valence-corrected chi connectivity index (χ2v) is 11.9. The predicted octanol–water partition coefficient (Wildman–Crippen LogP) is 5.11. The van der Waals surface area contributed by atoms with Gasteiger partial charge in [-0.15, -0.1) is 0 Å². The zero-order chi connectivity index (χ0) is 29.5. The third kappa shape index (κ3) is 6.68. The molecule has 1 atom stereocenters. The molecule has 0 saturated carbocycles. The Hall–Kier alpha value is -3.94. The molecule has 1 aromatic heterocycles. The second-order valence-electron chi connectivity index (χ2n) is 11.9. The number of hydrogen-bond donors (Lipinski definition) is 2. The molecular formula is C36H42N4O3. The van der Waals surface area contributed by atoms with Crippen LogP contribution in [0, 0.1) is 0 Å². The number of carbonyl (C=O) groups is 2. The first-order valence-electron chi connectivity index (χ1n) is 15.7. The summed E-state index contributed by atoms with van der Waals surface area (Å²) in [5, 5.41) is 4.24. The average molecular weight is 579 g/mol. The van der Waals surface area contributed by atoms with Gasteiger partial charge < -0.3 is 24.8 Å². The molecule has 0 radical (unpaired) electrons. The van der Waals surface area contributed by atoms with Crippen LogP contribution in [-0.4, -0.2) is 71.0 Å². The molecule has 0 aliphatic carbocycles. The van der Waals surface area contributed by atoms with Gasteiger partial charge in [0, 0.05) is 36.7 Å². The number of aromatic amines is 1. The number of piperidine rings is 1. The molecule has 2 saturated heterocycles. The van der Waals surface area contributed by atoms with Gasteiger partial charge in [-0.1, -0.05) is 78.9 Å². The largest absolute Gasteiger partial charge is 0.374 e. The van der Waals surface area contributed by atoms with Crippen molar-refractivity contribution in [1.82, 2.24) is 20.1 Å². The Morgan fingerprint density at radius 1 is 0.791 bits per heavy atom. The van der Waals surface area contributed by atoms with Gasteiger partial charge in [-0.05, 0) is 67.8 Å². The number of para-hydroxylation sites is 1. The van der Waals surface area contributed by atoms with Crippen LogP contribution >= 0.6 is 0 Å². The van der Waals surface area contributed by atoms with Gasteiger partial charge in [0.25, 0.3) is 0 Å². The number of benzene rings is 3. The second kappa shape index (κ2) is 13.6. The Morgan fingerprint density at radius 2 is 1.49 bits per heavy atom. The van der Waals surface area contributed by atoms with Crippen molar-refractivity contribution < 1.29 is 14.3 Å². The van der Waals surface area contributed by atoms with Crippen LogP contribution in [0.1, 0.15) is 42.4 Å². The van der Waals surface area contributed by atoms with Crippen molar-refractivity contribution in [3.63, 3.8) is 0 Å². The predicted molar refractivity (Wildman–Crippen MR) is 170 cm³/mol. The van der Waals surface area contributed by atoms with E-state index in [1.165, 1.54) is 10.9 Å². The Balaban J connectivity index is 1.11. The zero-order valence-electron chi connectivity index (χ0n) is 24.8. The van der Waals surface area contributed by atoms with E-state index < -0.39 is 11.6 Å². The lowest BCUT2D eigenvalue weighted by molar-refractivity contribution is -0.163. The van der Waals surface area contributed by atoms with Gasteiger partial charge in [0.05, 0.1) is 13.2 Å². The number of hydrogen-bond acceptors (Lipinski definition) is 4. The first kappa shape index (κ1) is 29.1. The van der Waals surface area contributed by atoms with Crippen molar-refractivity contribution in [2.75, 3.05) is 32.8 Å². The van der Waals surface area contributed by atoms with Crippen LogP contribution in [0.25, 0.3) is 10.9 Å². The third-order valence-corrected chi connectivity index (χ3v) is 9.20. The molecule has 0 bridgehead atoms. The molecule has 2 aliphatic rings. The van der Waals surface area contributed by atoms with Gasteiger partial charge in [0.1, 0.15) is 11.6 Å². The number of aryl methyl sites for hydroxylation is 1. The van der Waals surface area contributed by atoms with E-state index in [4.69, 9.17) is 4.74 Å². The Kier molecular flexibility index (Phi) is 9.20. The van der Waals surface area contributed by atoms with Gasteiger partial charge in [-0.3, -0.25) is 9.59 Å². The first-order chi connectivity index (χ1) is 21.1. The normalized spacial score (nSPS) is 18.8. The lowest BCUT2D eigenvalue weighted by Gasteiger charge is -2.51. The minimum Gasteiger partial charge on any atom is -0.374 e. The lowest BCUT2D eigenvalue weighted by atomic mass is 9.81. The maximum absolute atomic E-state index is 14.0. The molecular weight excluding hydrogens is 536 g/mol. The summed E-state index contributed by atoms with van der Waals surface area (Å²) < 4.78 is 5.94. The van der Waals surface area contributed by atoms with Crippen molar-refractivity contribution in [1.29, 1.82) is 0 Å². The van der Waals surface area contributed by atoms with E-state index in [0.29, 0.717) is 32.4 Å². The highest BCUT2D eigenvalue weighted by Gasteiger charge is 2.53. The van der Waals surface area contributed by atoms with Gasteiger partial charge in [-0.25, -0.2) is 0 Å². The monoisotopic (exact) mass is 578 g/mol. The molecule has 43 heavy (non-hydrogen) atoms. The van der Waals surface area contributed by atoms with E-state index in [1.54, 1.807) is 0 Å². The Labute approximate surface area is 254 Å². The number of nitrogens with one attached hydrogen (secondary N) is 2. The fraction of sp³-hybridized carbons (Fsp3) is 0.389. The minimum absolute atomic E-state index is 0.0381. The first-order valence-corrected chi connectivity index (χ1v) is 15.7. The number of likely N-dealkylation sites (tertiary alicyclic amines) is 1. The number of rotatable bonds is 12. The summed E-state index contributed by atoms with van der Waals surface area (Å²) in [7, 11) is 0. The van der Waals surface area contributed by atoms with Gasteiger partial charge in [-0.2, -0.15) is 0 Å². The standard InChI is InChI=1S/C36H42N4O3/c41-34-33(27-43-26-29-14-5-2-6-15-29)38-35(42)36(40(34)22-18-30-25-37-32-17-8-7-16-31(30)32)19-23-39(24-20-36)21-10-9-13-28-11-3-1-4-12-28/h1-8,11-12,14-17,25,33,37H,9-10,13,18-24,26-27H2,(H,38,42). The van der Waals surface area contributed by atoms with E-state index in [1.807, 2.05) is 53.6 Å². The van der Waals surface area contributed by atoms with Crippen molar-refractivity contribution in [3.8, 4) is 0 Å². The Bertz CT molecular complexity index is 1490. The highest BCUT2D eigenvalue weighted by Crippen LogP contribution is 2.34. The lowest BCUT2D eigenvalue weighted by Crippen LogP contribution is -2.73. The number of aromatic nitrogens is 1. The minimum atomic E-state index is -0.820. The average Bonchev–Trinajstić information content (AvgIpc) is 3.46. The maximum Gasteiger partial charge on any atom is 0.248 e. The molecule has 1 spiro atoms. The number of fused-ring (bicyclic) bond motifs is 1. The number of H-pyrrole nitrogens is 1. The smallest absolute Gasteiger partial charge is 0.248 e. The highest BCUT2D eigenvalue weighted by atomic mass is 16.5. The van der Waals surface area contributed by atoms with Gasteiger partial charge >= 0.3 is 0 Å². The molecule has 7 nitrogen and oxygen atoms in total. The molecule has 3 heterocycles. The fourth-order valence-corrected chi connectivity index (χ4v) is 6.71. The zero-order valence-corrected chi connectivity index (χ0v) is 24.8. The summed E-state index contributed by atoms with van der Waals surface area (Å²) in [5.74, 6) is -0.0770. The van der Waals surface area contributed by atoms with Crippen LogP contribution in [0.4, 0.5) is 0 Å². The van der Waals surface area contributed by atoms with Gasteiger partial charge in [0.2, 0.25) is 11.8 Å². The van der Waals surface area contributed by atoms with Crippen LogP contribution in [0.15, 0.2) is 91.1 Å². The van der Waals surface area contributed by atoms with Crippen LogP contribution < -0.4 is 5.32 Å². The molecule has 3 aromatic carbocycles. The molecule has 4 aromatic rings. The van der Waals surface area contributed by atoms with Gasteiger partial charge in [0.15, 0.2) is 0 Å². The summed E-state index contributed by atoms with van der Waals surface area (Å²) in [6.45, 7) is 3.70. The third-order valence-electron chi connectivity index (χ3n) is 9.20. The number of ether oxygens (including phenoxy) is 1. The van der Waals surface area contributed by atoms with E-state index >= 15 is 0 Å². The quantitative estimate of drug-likeness (QED) is 0.229. The maximum atomic E-state index is 14.0. The highest BCUT2D eigenvalue weighted by molar-refractivity contribution is 6.00. The van der Waals surface area contributed by atoms with Crippen LogP contribution in [0.3, 0.4) is 0 Å². The molecule has 7 heteroatoms. The molecule has 6 rings (SSSR count). The van der Waals surface area contributed by atoms with E-state index in [9.17, 15) is 9.59 Å². The van der Waals surface area contributed by atoms with Crippen LogP contribution in [-0.2, 0) is 33.8 Å². The summed E-state index contributed by atoms with van der Waals surface area (Å²) in [6.07, 6.45) is 7.37. The summed E-state index contributed by atoms with van der Waals surface area (Å²) in [4.78, 5) is 35.6. The molecule has 2 fully saturated rings. The number of amides is 2. The topological polar surface area (TPSA) is 77.7 Å². The number of nitrogens with zero attached hydrogens (tertiary/aromatic N) is 2. The Morgan fingerprint density at radius 3 is 2.26 bits per heavy atom. The van der Waals surface area contributed by atoms with E-state index in [-0.39, 0.29) is 18.4 Å². The molecule has 1 unspecified atom stereocenters. The molecule has 224 valence electrons. The summed E-state index contributed by atoms with van der Waals surface area (Å²) in [6, 6.07) is 28.1. The van der Waals surface area contributed by atoms with Crippen molar-refractivity contribution in [2.45, 2.75) is 56.7 Å². The number of carbonyl (C=O) groups excluding carboxylic acids is 2. The van der Waals surface area contributed by atoms with Crippen LogP contribution in [0.5, 0.6) is 0 Å². The number of piperazine rings is 1. The summed E-state index contributed by atoms with van der Waals surface area (Å²) >= 11 is 0. The van der Waals surface area contributed by atoms with Crippen LogP contribution in [0.2, 0.25) is 0 Å². The fourth-order valence-electron chi connectivity index (χ4n) is 6.71. The molecule has 2 amide bonds. The SMILES string of the molecule is O=C1C(COCc2ccccc2)NC(=O)C2(CCN(CCCCc3ccccc3)CC2)N1CCc1c[nH]c2ccccc12. The molecule has 2 N–H and O–H groups in total. The summed E-state index contributed by atoms with van der Waals surface area (Å²) in [5.41, 5.74) is 3.85. The van der Waals surface area contributed by atoms with Crippen molar-refractivity contribution >= 4 is 22.7 Å².